The van der Waals surface area contributed by atoms with Crippen LogP contribution in [0.2, 0.25) is 0 Å². The molecule has 1 rings (SSSR count). The molecule has 0 aliphatic carbocycles. The lowest BCUT2D eigenvalue weighted by Gasteiger charge is -2.19. The predicted octanol–water partition coefficient (Wildman–Crippen LogP) is 3.02. The maximum absolute atomic E-state index is 5.99. The first kappa shape index (κ1) is 12.1. The Bertz CT molecular complexity index is 305. The van der Waals surface area contributed by atoms with Crippen molar-refractivity contribution >= 4 is 0 Å². The second kappa shape index (κ2) is 5.76. The van der Waals surface area contributed by atoms with E-state index >= 15 is 0 Å². The van der Waals surface area contributed by atoms with Crippen molar-refractivity contribution in [3.05, 3.63) is 29.3 Å². The van der Waals surface area contributed by atoms with Gasteiger partial charge in [0.15, 0.2) is 0 Å². The first-order chi connectivity index (χ1) is 7.22. The normalized spacial score (nSPS) is 10.7. The van der Waals surface area contributed by atoms with Crippen LogP contribution in [-0.4, -0.2) is 6.10 Å². The quantitative estimate of drug-likeness (QED) is 0.805. The van der Waals surface area contributed by atoms with Gasteiger partial charge in [-0.05, 0) is 25.3 Å². The van der Waals surface area contributed by atoms with Gasteiger partial charge in [0.2, 0.25) is 0 Å². The van der Waals surface area contributed by atoms with E-state index < -0.39 is 0 Å². The van der Waals surface area contributed by atoms with E-state index in [4.69, 9.17) is 10.5 Å². The molecule has 0 spiro atoms. The third-order valence-corrected chi connectivity index (χ3v) is 2.71. The minimum atomic E-state index is 0.302. The van der Waals surface area contributed by atoms with Crippen LogP contribution in [0.3, 0.4) is 0 Å². The second-order valence-electron chi connectivity index (χ2n) is 3.82. The van der Waals surface area contributed by atoms with E-state index in [1.165, 1.54) is 5.56 Å². The Balaban J connectivity index is 2.91. The Morgan fingerprint density at radius 3 is 2.47 bits per heavy atom. The molecule has 15 heavy (non-hydrogen) atoms. The molecule has 0 aliphatic heterocycles. The highest BCUT2D eigenvalue weighted by molar-refractivity contribution is 5.40. The topological polar surface area (TPSA) is 35.2 Å². The first-order valence-corrected chi connectivity index (χ1v) is 5.68. The summed E-state index contributed by atoms with van der Waals surface area (Å²) >= 11 is 0. The summed E-state index contributed by atoms with van der Waals surface area (Å²) in [6.45, 7) is 6.90. The Morgan fingerprint density at radius 1 is 1.27 bits per heavy atom. The van der Waals surface area contributed by atoms with Gasteiger partial charge in [-0.3, -0.25) is 0 Å². The van der Waals surface area contributed by atoms with Crippen LogP contribution in [0.5, 0.6) is 5.75 Å². The molecular weight excluding hydrogens is 186 g/mol. The fraction of sp³-hybridized carbons (Fsp3) is 0.538. The van der Waals surface area contributed by atoms with E-state index in [1.54, 1.807) is 0 Å². The summed E-state index contributed by atoms with van der Waals surface area (Å²) in [5, 5.41) is 0. The Labute approximate surface area is 92.4 Å². The molecule has 0 amide bonds. The molecule has 0 bridgehead atoms. The van der Waals surface area contributed by atoms with Crippen LogP contribution in [0, 0.1) is 6.92 Å². The number of hydrogen-bond donors (Lipinski definition) is 1. The molecule has 84 valence electrons. The predicted molar refractivity (Wildman–Crippen MR) is 64.1 cm³/mol. The van der Waals surface area contributed by atoms with Crippen LogP contribution >= 0.6 is 0 Å². The molecule has 0 radical (unpaired) electrons. The molecule has 1 aromatic carbocycles. The lowest BCUT2D eigenvalue weighted by molar-refractivity contribution is 0.189. The zero-order valence-electron chi connectivity index (χ0n) is 9.92. The molecule has 0 atom stereocenters. The average molecular weight is 207 g/mol. The van der Waals surface area contributed by atoms with Crippen molar-refractivity contribution in [3.8, 4) is 5.75 Å². The number of benzene rings is 1. The van der Waals surface area contributed by atoms with Crippen molar-refractivity contribution in [3.63, 3.8) is 0 Å². The number of ether oxygens (including phenoxy) is 1. The minimum Gasteiger partial charge on any atom is -0.490 e. The van der Waals surface area contributed by atoms with Gasteiger partial charge in [0.1, 0.15) is 5.75 Å². The standard InChI is InChI=1S/C13H21NO/c1-4-12(5-2)15-13-10(3)7-6-8-11(13)9-14/h6-8,12H,4-5,9,14H2,1-3H3. The van der Waals surface area contributed by atoms with Crippen LogP contribution < -0.4 is 10.5 Å². The SMILES string of the molecule is CCC(CC)Oc1c(C)cccc1CN. The molecule has 0 heterocycles. The summed E-state index contributed by atoms with van der Waals surface area (Å²) in [5.41, 5.74) is 7.97. The number of nitrogens with two attached hydrogens (primary N) is 1. The van der Waals surface area contributed by atoms with E-state index in [2.05, 4.69) is 26.8 Å². The van der Waals surface area contributed by atoms with Gasteiger partial charge >= 0.3 is 0 Å². The third kappa shape index (κ3) is 2.96. The lowest BCUT2D eigenvalue weighted by atomic mass is 10.1. The highest BCUT2D eigenvalue weighted by atomic mass is 16.5. The Kier molecular flexibility index (Phi) is 4.63. The molecule has 2 heteroatoms. The van der Waals surface area contributed by atoms with E-state index in [1.807, 2.05) is 12.1 Å². The van der Waals surface area contributed by atoms with Crippen molar-refractivity contribution in [2.45, 2.75) is 46.3 Å². The van der Waals surface area contributed by atoms with E-state index in [9.17, 15) is 0 Å². The van der Waals surface area contributed by atoms with Gasteiger partial charge < -0.3 is 10.5 Å². The van der Waals surface area contributed by atoms with Crippen molar-refractivity contribution in [2.24, 2.45) is 5.73 Å². The van der Waals surface area contributed by atoms with Gasteiger partial charge in [-0.15, -0.1) is 0 Å². The van der Waals surface area contributed by atoms with Crippen molar-refractivity contribution in [1.82, 2.24) is 0 Å². The fourth-order valence-electron chi connectivity index (χ4n) is 1.66. The molecule has 0 unspecified atom stereocenters. The molecule has 0 saturated carbocycles. The zero-order valence-corrected chi connectivity index (χ0v) is 9.92. The summed E-state index contributed by atoms with van der Waals surface area (Å²) in [6.07, 6.45) is 2.38. The van der Waals surface area contributed by atoms with Gasteiger partial charge in [0.25, 0.3) is 0 Å². The summed E-state index contributed by atoms with van der Waals surface area (Å²) in [5.74, 6) is 0.980. The summed E-state index contributed by atoms with van der Waals surface area (Å²) in [6, 6.07) is 6.12. The summed E-state index contributed by atoms with van der Waals surface area (Å²) in [7, 11) is 0. The van der Waals surface area contributed by atoms with Crippen LogP contribution in [-0.2, 0) is 6.54 Å². The van der Waals surface area contributed by atoms with Gasteiger partial charge in [-0.25, -0.2) is 0 Å². The zero-order chi connectivity index (χ0) is 11.3. The van der Waals surface area contributed by atoms with Crippen molar-refractivity contribution in [2.75, 3.05) is 0 Å². The van der Waals surface area contributed by atoms with Crippen LogP contribution in [0.15, 0.2) is 18.2 Å². The highest BCUT2D eigenvalue weighted by Crippen LogP contribution is 2.25. The fourth-order valence-corrected chi connectivity index (χ4v) is 1.66. The molecule has 0 aromatic heterocycles. The first-order valence-electron chi connectivity index (χ1n) is 5.68. The smallest absolute Gasteiger partial charge is 0.127 e. The second-order valence-corrected chi connectivity index (χ2v) is 3.82. The minimum absolute atomic E-state index is 0.302. The van der Waals surface area contributed by atoms with Gasteiger partial charge in [0, 0.05) is 12.1 Å². The number of para-hydroxylation sites is 1. The number of aryl methyl sites for hydroxylation is 1. The Hall–Kier alpha value is -1.02. The van der Waals surface area contributed by atoms with E-state index in [0.717, 1.165) is 24.2 Å². The summed E-state index contributed by atoms with van der Waals surface area (Å²) < 4.78 is 5.99. The number of rotatable bonds is 5. The van der Waals surface area contributed by atoms with Gasteiger partial charge in [-0.2, -0.15) is 0 Å². The van der Waals surface area contributed by atoms with Crippen LogP contribution in [0.4, 0.5) is 0 Å². The number of hydrogen-bond acceptors (Lipinski definition) is 2. The van der Waals surface area contributed by atoms with Crippen molar-refractivity contribution < 1.29 is 4.74 Å². The van der Waals surface area contributed by atoms with Gasteiger partial charge in [0.05, 0.1) is 6.10 Å². The molecule has 0 aliphatic rings. The van der Waals surface area contributed by atoms with E-state index in [0.29, 0.717) is 12.6 Å². The van der Waals surface area contributed by atoms with Crippen LogP contribution in [0.1, 0.15) is 37.8 Å². The maximum atomic E-state index is 5.99. The van der Waals surface area contributed by atoms with E-state index in [-0.39, 0.29) is 0 Å². The lowest BCUT2D eigenvalue weighted by Crippen LogP contribution is -2.16. The van der Waals surface area contributed by atoms with Gasteiger partial charge in [-0.1, -0.05) is 32.0 Å². The van der Waals surface area contributed by atoms with Crippen LogP contribution in [0.25, 0.3) is 0 Å². The van der Waals surface area contributed by atoms with Crippen molar-refractivity contribution in [1.29, 1.82) is 0 Å². The molecule has 0 saturated heterocycles. The highest BCUT2D eigenvalue weighted by Gasteiger charge is 2.10. The molecule has 2 N–H and O–H groups in total. The summed E-state index contributed by atoms with van der Waals surface area (Å²) in [4.78, 5) is 0. The maximum Gasteiger partial charge on any atom is 0.127 e. The third-order valence-electron chi connectivity index (χ3n) is 2.71. The largest absolute Gasteiger partial charge is 0.490 e. The molecular formula is C13H21NO. The monoisotopic (exact) mass is 207 g/mol. The molecule has 2 nitrogen and oxygen atoms in total. The average Bonchev–Trinajstić information content (AvgIpc) is 2.27. The Morgan fingerprint density at radius 2 is 1.93 bits per heavy atom. The molecule has 0 fully saturated rings. The molecule has 1 aromatic rings.